The van der Waals surface area contributed by atoms with Gasteiger partial charge in [-0.3, -0.25) is 19.8 Å². The first-order valence-corrected chi connectivity index (χ1v) is 13.8. The number of carbonyl (C=O) groups is 2. The molecule has 0 radical (unpaired) electrons. The van der Waals surface area contributed by atoms with Crippen LogP contribution in [0, 0.1) is 0 Å². The molecule has 3 aromatic rings. The summed E-state index contributed by atoms with van der Waals surface area (Å²) >= 11 is 2.90. The van der Waals surface area contributed by atoms with E-state index in [0.29, 0.717) is 41.1 Å². The van der Waals surface area contributed by atoms with E-state index in [-0.39, 0.29) is 11.8 Å². The monoisotopic (exact) mass is 539 g/mol. The molecule has 2 aromatic carbocycles. The van der Waals surface area contributed by atoms with Gasteiger partial charge in [-0.1, -0.05) is 23.1 Å². The first-order valence-electron chi connectivity index (χ1n) is 12.2. The SMILES string of the molecule is COc1ccc(Sc2cnc(NC(=O)c3ccc(N(C)C)cc3)s2)cc1C(=O)N1CCN(C(C)C)CC1. The predicted molar refractivity (Wildman–Crippen MR) is 151 cm³/mol. The average molecular weight is 540 g/mol. The van der Waals surface area contributed by atoms with Crippen molar-refractivity contribution in [2.24, 2.45) is 0 Å². The summed E-state index contributed by atoms with van der Waals surface area (Å²) in [5.41, 5.74) is 2.16. The number of methoxy groups -OCH3 is 1. The standard InChI is InChI=1S/C27H33N5O3S2/c1-18(2)31-12-14-32(15-13-31)26(34)22-16-21(10-11-23(22)35-5)36-24-17-28-27(37-24)29-25(33)19-6-8-20(9-7-19)30(3)4/h6-11,16-18H,12-15H2,1-5H3,(H,28,29,33). The van der Waals surface area contributed by atoms with Crippen LogP contribution in [0.4, 0.5) is 10.8 Å². The van der Waals surface area contributed by atoms with Gasteiger partial charge < -0.3 is 14.5 Å². The molecule has 1 aliphatic rings. The minimum Gasteiger partial charge on any atom is -0.496 e. The minimum atomic E-state index is -0.203. The maximum Gasteiger partial charge on any atom is 0.257 e. The maximum atomic E-state index is 13.3. The van der Waals surface area contributed by atoms with Crippen molar-refractivity contribution in [3.63, 3.8) is 0 Å². The number of rotatable bonds is 8. The number of anilines is 2. The van der Waals surface area contributed by atoms with Gasteiger partial charge >= 0.3 is 0 Å². The lowest BCUT2D eigenvalue weighted by molar-refractivity contribution is 0.0592. The number of carbonyl (C=O) groups excluding carboxylic acids is 2. The second kappa shape index (κ2) is 12.0. The molecule has 8 nitrogen and oxygen atoms in total. The van der Waals surface area contributed by atoms with Crippen LogP contribution in [0.25, 0.3) is 0 Å². The zero-order valence-corrected chi connectivity index (χ0v) is 23.5. The summed E-state index contributed by atoms with van der Waals surface area (Å²) < 4.78 is 6.41. The average Bonchev–Trinajstić information content (AvgIpc) is 3.34. The van der Waals surface area contributed by atoms with Crippen LogP contribution >= 0.6 is 23.1 Å². The second-order valence-corrected chi connectivity index (χ2v) is 11.7. The zero-order valence-electron chi connectivity index (χ0n) is 21.9. The van der Waals surface area contributed by atoms with Crippen molar-refractivity contribution in [3.05, 3.63) is 59.8 Å². The Kier molecular flexibility index (Phi) is 8.73. The number of thiazole rings is 1. The zero-order chi connectivity index (χ0) is 26.5. The lowest BCUT2D eigenvalue weighted by Gasteiger charge is -2.37. The summed E-state index contributed by atoms with van der Waals surface area (Å²) in [6.45, 7) is 7.51. The third kappa shape index (κ3) is 6.63. The van der Waals surface area contributed by atoms with Crippen molar-refractivity contribution in [2.45, 2.75) is 29.0 Å². The van der Waals surface area contributed by atoms with E-state index in [9.17, 15) is 9.59 Å². The van der Waals surface area contributed by atoms with Gasteiger partial charge in [0.25, 0.3) is 11.8 Å². The van der Waals surface area contributed by atoms with Gasteiger partial charge in [-0.25, -0.2) is 4.98 Å². The number of nitrogens with one attached hydrogen (secondary N) is 1. The number of hydrogen-bond acceptors (Lipinski definition) is 8. The van der Waals surface area contributed by atoms with Gasteiger partial charge in [0, 0.05) is 62.5 Å². The number of hydrogen-bond donors (Lipinski definition) is 1. The topological polar surface area (TPSA) is 78.0 Å². The van der Waals surface area contributed by atoms with Crippen molar-refractivity contribution in [2.75, 3.05) is 57.6 Å². The summed E-state index contributed by atoms with van der Waals surface area (Å²) in [6.07, 6.45) is 1.73. The van der Waals surface area contributed by atoms with Crippen LogP contribution in [-0.2, 0) is 0 Å². The van der Waals surface area contributed by atoms with Gasteiger partial charge in [-0.15, -0.1) is 0 Å². The van der Waals surface area contributed by atoms with E-state index in [4.69, 9.17) is 4.74 Å². The number of benzene rings is 2. The largest absolute Gasteiger partial charge is 0.496 e. The Hall–Kier alpha value is -3.08. The number of amides is 2. The lowest BCUT2D eigenvalue weighted by Crippen LogP contribution is -2.50. The first-order chi connectivity index (χ1) is 17.7. The molecule has 0 spiro atoms. The third-order valence-corrected chi connectivity index (χ3v) is 8.31. The molecule has 0 atom stereocenters. The Morgan fingerprint density at radius 2 is 1.78 bits per heavy atom. The summed E-state index contributed by atoms with van der Waals surface area (Å²) in [6, 6.07) is 13.5. The van der Waals surface area contributed by atoms with Gasteiger partial charge in [0.1, 0.15) is 5.75 Å². The molecule has 37 heavy (non-hydrogen) atoms. The summed E-state index contributed by atoms with van der Waals surface area (Å²) in [7, 11) is 5.50. The van der Waals surface area contributed by atoms with Crippen LogP contribution in [0.2, 0.25) is 0 Å². The molecule has 0 saturated carbocycles. The Labute approximate surface area is 226 Å². The third-order valence-electron chi connectivity index (χ3n) is 6.30. The Morgan fingerprint density at radius 1 is 1.08 bits per heavy atom. The fraction of sp³-hybridized carbons (Fsp3) is 0.370. The number of aromatic nitrogens is 1. The van der Waals surface area contributed by atoms with Crippen LogP contribution in [0.15, 0.2) is 57.8 Å². The molecule has 1 N–H and O–H groups in total. The molecule has 1 aliphatic heterocycles. The maximum absolute atomic E-state index is 13.3. The van der Waals surface area contributed by atoms with Gasteiger partial charge in [-0.05, 0) is 56.3 Å². The van der Waals surface area contributed by atoms with Crippen molar-refractivity contribution < 1.29 is 14.3 Å². The van der Waals surface area contributed by atoms with E-state index in [2.05, 4.69) is 29.0 Å². The molecule has 0 aliphatic carbocycles. The lowest BCUT2D eigenvalue weighted by atomic mass is 10.1. The molecule has 196 valence electrons. The van der Waals surface area contributed by atoms with E-state index >= 15 is 0 Å². The molecule has 1 aromatic heterocycles. The van der Waals surface area contributed by atoms with Crippen molar-refractivity contribution >= 4 is 45.7 Å². The summed E-state index contributed by atoms with van der Waals surface area (Å²) in [5, 5.41) is 3.40. The second-order valence-electron chi connectivity index (χ2n) is 9.27. The number of ether oxygens (including phenoxy) is 1. The molecule has 2 heterocycles. The van der Waals surface area contributed by atoms with E-state index in [0.717, 1.165) is 27.9 Å². The Balaban J connectivity index is 1.42. The quantitative estimate of drug-likeness (QED) is 0.441. The van der Waals surface area contributed by atoms with E-state index in [1.54, 1.807) is 25.4 Å². The molecule has 4 rings (SSSR count). The highest BCUT2D eigenvalue weighted by atomic mass is 32.2. The normalized spacial score (nSPS) is 14.1. The highest BCUT2D eigenvalue weighted by molar-refractivity contribution is 8.01. The van der Waals surface area contributed by atoms with Gasteiger partial charge in [0.2, 0.25) is 0 Å². The number of nitrogens with zero attached hydrogens (tertiary/aromatic N) is 4. The predicted octanol–water partition coefficient (Wildman–Crippen LogP) is 4.79. The highest BCUT2D eigenvalue weighted by Gasteiger charge is 2.25. The van der Waals surface area contributed by atoms with Gasteiger partial charge in [0.05, 0.1) is 23.1 Å². The van der Waals surface area contributed by atoms with E-state index in [1.165, 1.54) is 23.1 Å². The van der Waals surface area contributed by atoms with Gasteiger partial charge in [0.15, 0.2) is 5.13 Å². The minimum absolute atomic E-state index is 0.0137. The van der Waals surface area contributed by atoms with Crippen LogP contribution in [-0.4, -0.2) is 80.0 Å². The first kappa shape index (κ1) is 27.0. The molecule has 10 heteroatoms. The molecule has 0 unspecified atom stereocenters. The number of piperazine rings is 1. The summed E-state index contributed by atoms with van der Waals surface area (Å²) in [5.74, 6) is 0.351. The van der Waals surface area contributed by atoms with Crippen molar-refractivity contribution in [1.29, 1.82) is 0 Å². The fourth-order valence-electron chi connectivity index (χ4n) is 4.09. The van der Waals surface area contributed by atoms with Crippen molar-refractivity contribution in [3.8, 4) is 5.75 Å². The van der Waals surface area contributed by atoms with Crippen LogP contribution < -0.4 is 15.0 Å². The highest BCUT2D eigenvalue weighted by Crippen LogP contribution is 2.36. The van der Waals surface area contributed by atoms with Crippen LogP contribution in [0.1, 0.15) is 34.6 Å². The molecule has 1 fully saturated rings. The molecule has 2 amide bonds. The Bertz CT molecular complexity index is 1240. The van der Waals surface area contributed by atoms with Gasteiger partial charge in [-0.2, -0.15) is 0 Å². The van der Waals surface area contributed by atoms with Crippen molar-refractivity contribution in [1.82, 2.24) is 14.8 Å². The van der Waals surface area contributed by atoms with Crippen LogP contribution in [0.5, 0.6) is 5.75 Å². The summed E-state index contributed by atoms with van der Waals surface area (Å²) in [4.78, 5) is 37.5. The van der Waals surface area contributed by atoms with E-state index < -0.39 is 0 Å². The molecule has 1 saturated heterocycles. The smallest absolute Gasteiger partial charge is 0.257 e. The fourth-order valence-corrected chi connectivity index (χ4v) is 5.98. The molecule has 0 bridgehead atoms. The van der Waals surface area contributed by atoms with E-state index in [1.807, 2.05) is 54.2 Å². The van der Waals surface area contributed by atoms with Crippen LogP contribution in [0.3, 0.4) is 0 Å². The Morgan fingerprint density at radius 3 is 2.41 bits per heavy atom. The molecular weight excluding hydrogens is 506 g/mol. The molecular formula is C27H33N5O3S2.